The van der Waals surface area contributed by atoms with E-state index in [9.17, 15) is 13.2 Å². The fraction of sp³-hybridized carbons (Fsp3) is 0.316. The van der Waals surface area contributed by atoms with Gasteiger partial charge < -0.3 is 5.32 Å². The van der Waals surface area contributed by atoms with Gasteiger partial charge in [-0.05, 0) is 49.2 Å². The van der Waals surface area contributed by atoms with Crippen molar-refractivity contribution in [3.63, 3.8) is 0 Å². The molecule has 0 aliphatic heterocycles. The first-order valence-electron chi connectivity index (χ1n) is 8.29. The average Bonchev–Trinajstić information content (AvgIpc) is 2.57. The first-order chi connectivity index (χ1) is 11.8. The van der Waals surface area contributed by atoms with Gasteiger partial charge in [-0.2, -0.15) is 4.31 Å². The van der Waals surface area contributed by atoms with Crippen molar-refractivity contribution in [2.75, 3.05) is 18.4 Å². The lowest BCUT2D eigenvalue weighted by atomic mass is 10.1. The second kappa shape index (κ2) is 7.80. The van der Waals surface area contributed by atoms with Gasteiger partial charge in [-0.25, -0.2) is 8.42 Å². The van der Waals surface area contributed by atoms with Crippen molar-refractivity contribution in [3.8, 4) is 0 Å². The van der Waals surface area contributed by atoms with E-state index in [0.717, 1.165) is 5.56 Å². The Labute approximate surface area is 149 Å². The predicted octanol–water partition coefficient (Wildman–Crippen LogP) is 3.59. The Morgan fingerprint density at radius 1 is 1.00 bits per heavy atom. The molecule has 1 amide bonds. The fourth-order valence-electron chi connectivity index (χ4n) is 2.67. The summed E-state index contributed by atoms with van der Waals surface area (Å²) in [5.74, 6) is -0.208. The number of carbonyl (C=O) groups is 1. The van der Waals surface area contributed by atoms with Gasteiger partial charge in [0.1, 0.15) is 0 Å². The van der Waals surface area contributed by atoms with Gasteiger partial charge in [0.2, 0.25) is 10.0 Å². The number of benzene rings is 2. The number of hydrogen-bond acceptors (Lipinski definition) is 3. The number of rotatable bonds is 6. The maximum atomic E-state index is 12.6. The van der Waals surface area contributed by atoms with Crippen molar-refractivity contribution in [2.45, 2.75) is 32.6 Å². The van der Waals surface area contributed by atoms with E-state index in [1.165, 1.54) is 10.4 Å². The van der Waals surface area contributed by atoms with Gasteiger partial charge in [-0.3, -0.25) is 4.79 Å². The number of aryl methyl sites for hydroxylation is 2. The molecular formula is C19H24N2O3S. The second-order valence-corrected chi connectivity index (χ2v) is 7.77. The molecule has 0 radical (unpaired) electrons. The molecular weight excluding hydrogens is 336 g/mol. The number of nitrogens with one attached hydrogen (secondary N) is 1. The summed E-state index contributed by atoms with van der Waals surface area (Å²) in [6.07, 6.45) is 0. The first-order valence-corrected chi connectivity index (χ1v) is 9.73. The Morgan fingerprint density at radius 3 is 2.20 bits per heavy atom. The summed E-state index contributed by atoms with van der Waals surface area (Å²) in [6, 6.07) is 12.1. The van der Waals surface area contributed by atoms with Crippen LogP contribution in [0.3, 0.4) is 0 Å². The van der Waals surface area contributed by atoms with E-state index in [2.05, 4.69) is 5.32 Å². The van der Waals surface area contributed by atoms with Crippen LogP contribution in [0.1, 0.15) is 35.3 Å². The summed E-state index contributed by atoms with van der Waals surface area (Å²) in [7, 11) is -3.51. The quantitative estimate of drug-likeness (QED) is 0.856. The van der Waals surface area contributed by atoms with Crippen LogP contribution in [0.15, 0.2) is 47.4 Å². The molecule has 2 rings (SSSR count). The summed E-state index contributed by atoms with van der Waals surface area (Å²) in [4.78, 5) is 12.7. The van der Waals surface area contributed by atoms with Crippen LogP contribution < -0.4 is 5.32 Å². The highest BCUT2D eigenvalue weighted by atomic mass is 32.2. The Hall–Kier alpha value is -2.18. The first kappa shape index (κ1) is 19.1. The number of amides is 1. The van der Waals surface area contributed by atoms with E-state index in [4.69, 9.17) is 0 Å². The smallest absolute Gasteiger partial charge is 0.255 e. The van der Waals surface area contributed by atoms with Crippen molar-refractivity contribution in [3.05, 3.63) is 59.2 Å². The molecule has 6 heteroatoms. The number of carbonyl (C=O) groups excluding carboxylic acids is 1. The van der Waals surface area contributed by atoms with Crippen molar-refractivity contribution in [2.24, 2.45) is 0 Å². The van der Waals surface area contributed by atoms with Crippen LogP contribution in [-0.4, -0.2) is 31.7 Å². The average molecular weight is 360 g/mol. The lowest BCUT2D eigenvalue weighted by Gasteiger charge is -2.19. The van der Waals surface area contributed by atoms with E-state index in [1.54, 1.807) is 25.1 Å². The van der Waals surface area contributed by atoms with Crippen LogP contribution in [-0.2, 0) is 10.0 Å². The van der Waals surface area contributed by atoms with Crippen molar-refractivity contribution >= 4 is 21.6 Å². The number of nitrogens with zero attached hydrogens (tertiary/aromatic N) is 1. The van der Waals surface area contributed by atoms with Crippen LogP contribution >= 0.6 is 0 Å². The Balaban J connectivity index is 2.29. The van der Waals surface area contributed by atoms with Gasteiger partial charge >= 0.3 is 0 Å². The zero-order valence-corrected chi connectivity index (χ0v) is 15.9. The summed E-state index contributed by atoms with van der Waals surface area (Å²) >= 11 is 0. The molecule has 0 fully saturated rings. The zero-order chi connectivity index (χ0) is 18.6. The summed E-state index contributed by atoms with van der Waals surface area (Å²) in [5.41, 5.74) is 2.79. The third-order valence-corrected chi connectivity index (χ3v) is 6.22. The maximum Gasteiger partial charge on any atom is 0.255 e. The normalized spacial score (nSPS) is 11.6. The molecule has 0 spiro atoms. The fourth-order valence-corrected chi connectivity index (χ4v) is 4.21. The Kier molecular flexibility index (Phi) is 5.98. The molecule has 1 N–H and O–H groups in total. The molecule has 0 heterocycles. The second-order valence-electron chi connectivity index (χ2n) is 5.84. The third-order valence-electron chi connectivity index (χ3n) is 4.18. The number of sulfonamides is 1. The topological polar surface area (TPSA) is 66.5 Å². The molecule has 2 aromatic rings. The number of hydrogen-bond donors (Lipinski definition) is 1. The summed E-state index contributed by atoms with van der Waals surface area (Å²) in [5, 5.41) is 2.86. The monoisotopic (exact) mass is 360 g/mol. The lowest BCUT2D eigenvalue weighted by Crippen LogP contribution is -2.30. The highest BCUT2D eigenvalue weighted by molar-refractivity contribution is 7.89. The zero-order valence-electron chi connectivity index (χ0n) is 15.0. The standard InChI is InChI=1S/C19H24N2O3S/c1-5-21(6-2)25(23,24)16-11-12-18(15(4)13-16)20-19(22)17-10-8-7-9-14(17)3/h7-13H,5-6H2,1-4H3,(H,20,22). The molecule has 0 unspecified atom stereocenters. The highest BCUT2D eigenvalue weighted by Crippen LogP contribution is 2.23. The van der Waals surface area contributed by atoms with Gasteiger partial charge in [-0.15, -0.1) is 0 Å². The highest BCUT2D eigenvalue weighted by Gasteiger charge is 2.22. The van der Waals surface area contributed by atoms with Crippen LogP contribution in [0, 0.1) is 13.8 Å². The van der Waals surface area contributed by atoms with Gasteiger partial charge in [0, 0.05) is 24.3 Å². The minimum Gasteiger partial charge on any atom is -0.322 e. The Bertz CT molecular complexity index is 872. The van der Waals surface area contributed by atoms with Crippen LogP contribution in [0.5, 0.6) is 0 Å². The molecule has 0 aliphatic carbocycles. The van der Waals surface area contributed by atoms with E-state index in [0.29, 0.717) is 29.9 Å². The van der Waals surface area contributed by atoms with E-state index >= 15 is 0 Å². The largest absolute Gasteiger partial charge is 0.322 e. The van der Waals surface area contributed by atoms with E-state index < -0.39 is 10.0 Å². The van der Waals surface area contributed by atoms with Crippen molar-refractivity contribution < 1.29 is 13.2 Å². The minimum absolute atomic E-state index is 0.208. The molecule has 0 bridgehead atoms. The van der Waals surface area contributed by atoms with Gasteiger partial charge in [0.15, 0.2) is 0 Å². The third kappa shape index (κ3) is 4.08. The molecule has 0 saturated heterocycles. The minimum atomic E-state index is -3.51. The molecule has 0 saturated carbocycles. The SMILES string of the molecule is CCN(CC)S(=O)(=O)c1ccc(NC(=O)c2ccccc2C)c(C)c1. The maximum absolute atomic E-state index is 12.6. The van der Waals surface area contributed by atoms with Crippen molar-refractivity contribution in [1.82, 2.24) is 4.31 Å². The van der Waals surface area contributed by atoms with Crippen molar-refractivity contribution in [1.29, 1.82) is 0 Å². The molecule has 0 aromatic heterocycles. The van der Waals surface area contributed by atoms with Gasteiger partial charge in [0.25, 0.3) is 5.91 Å². The summed E-state index contributed by atoms with van der Waals surface area (Å²) < 4.78 is 26.6. The molecule has 25 heavy (non-hydrogen) atoms. The molecule has 134 valence electrons. The molecule has 5 nitrogen and oxygen atoms in total. The van der Waals surface area contributed by atoms with Crippen LogP contribution in [0.4, 0.5) is 5.69 Å². The Morgan fingerprint density at radius 2 is 1.64 bits per heavy atom. The van der Waals surface area contributed by atoms with Gasteiger partial charge in [-0.1, -0.05) is 32.0 Å². The summed E-state index contributed by atoms with van der Waals surface area (Å²) in [6.45, 7) is 8.12. The lowest BCUT2D eigenvalue weighted by molar-refractivity contribution is 0.102. The molecule has 2 aromatic carbocycles. The molecule has 0 atom stereocenters. The van der Waals surface area contributed by atoms with Gasteiger partial charge in [0.05, 0.1) is 4.90 Å². The van der Waals surface area contributed by atoms with E-state index in [1.807, 2.05) is 39.0 Å². The van der Waals surface area contributed by atoms with Crippen LogP contribution in [0.25, 0.3) is 0 Å². The molecule has 0 aliphatic rings. The van der Waals surface area contributed by atoms with Crippen LogP contribution in [0.2, 0.25) is 0 Å². The van der Waals surface area contributed by atoms with E-state index in [-0.39, 0.29) is 10.8 Å². The predicted molar refractivity (Wildman–Crippen MR) is 100 cm³/mol. The number of anilines is 1.